The number of hydrogen-bond donors (Lipinski definition) is 0. The van der Waals surface area contributed by atoms with Gasteiger partial charge in [0.1, 0.15) is 11.4 Å². The monoisotopic (exact) mass is 638 g/mol. The van der Waals surface area contributed by atoms with Gasteiger partial charge in [0, 0.05) is 29.3 Å². The largest absolute Gasteiger partial charge is 0.463 e. The number of allylic oxidation sites excluding steroid dienone is 1. The molecule has 2 aromatic heterocycles. The molecule has 6 rings (SSSR count). The zero-order chi connectivity index (χ0) is 31.7. The molecule has 3 aromatic carbocycles. The minimum atomic E-state index is -0.809. The molecule has 1 unspecified atom stereocenters. The molecule has 45 heavy (non-hydrogen) atoms. The fraction of sp³-hybridized carbons (Fsp3) is 0.147. The molecule has 0 radical (unpaired) electrons. The van der Waals surface area contributed by atoms with Crippen molar-refractivity contribution in [3.05, 3.63) is 132 Å². The Labute approximate surface area is 267 Å². The second-order valence-electron chi connectivity index (χ2n) is 10.2. The Balaban J connectivity index is 1.53. The molecule has 1 aliphatic rings. The van der Waals surface area contributed by atoms with Crippen LogP contribution in [0.15, 0.2) is 106 Å². The molecule has 226 valence electrons. The second-order valence-corrected chi connectivity index (χ2v) is 11.6. The van der Waals surface area contributed by atoms with E-state index >= 15 is 0 Å². The molecule has 0 saturated heterocycles. The molecule has 0 saturated carbocycles. The number of carbonyl (C=O) groups is 2. The minimum absolute atomic E-state index is 0.164. The van der Waals surface area contributed by atoms with Gasteiger partial charge in [-0.1, -0.05) is 65.4 Å². The molecule has 0 bridgehead atoms. The Bertz CT molecular complexity index is 2130. The fourth-order valence-electron chi connectivity index (χ4n) is 5.17. The first-order chi connectivity index (χ1) is 21.7. The van der Waals surface area contributed by atoms with E-state index in [0.717, 1.165) is 16.8 Å². The third-order valence-corrected chi connectivity index (χ3v) is 8.38. The lowest BCUT2D eigenvalue weighted by atomic mass is 9.96. The van der Waals surface area contributed by atoms with E-state index in [1.807, 2.05) is 48.7 Å². The van der Waals surface area contributed by atoms with E-state index in [0.29, 0.717) is 37.1 Å². The van der Waals surface area contributed by atoms with Crippen LogP contribution >= 0.6 is 22.9 Å². The molecule has 9 nitrogen and oxygen atoms in total. The minimum Gasteiger partial charge on any atom is -0.463 e. The summed E-state index contributed by atoms with van der Waals surface area (Å²) >= 11 is 7.39. The van der Waals surface area contributed by atoms with Crippen LogP contribution in [0, 0.1) is 0 Å². The van der Waals surface area contributed by atoms with Gasteiger partial charge in [-0.05, 0) is 61.9 Å². The van der Waals surface area contributed by atoms with Crippen molar-refractivity contribution in [2.24, 2.45) is 4.99 Å². The summed E-state index contributed by atoms with van der Waals surface area (Å²) in [6, 6.07) is 22.9. The van der Waals surface area contributed by atoms with Gasteiger partial charge in [-0.3, -0.25) is 14.2 Å². The summed E-state index contributed by atoms with van der Waals surface area (Å²) < 4.78 is 14.3. The van der Waals surface area contributed by atoms with Gasteiger partial charge < -0.3 is 9.47 Å². The first kappa shape index (κ1) is 30.0. The Kier molecular flexibility index (Phi) is 8.34. The van der Waals surface area contributed by atoms with Gasteiger partial charge in [-0.2, -0.15) is 5.10 Å². The Morgan fingerprint density at radius 2 is 1.73 bits per heavy atom. The summed E-state index contributed by atoms with van der Waals surface area (Å²) in [4.78, 5) is 44.0. The summed E-state index contributed by atoms with van der Waals surface area (Å²) in [6.45, 7) is 4.93. The molecular weight excluding hydrogens is 612 g/mol. The summed E-state index contributed by atoms with van der Waals surface area (Å²) in [5.41, 5.74) is 4.10. The molecule has 11 heteroatoms. The van der Waals surface area contributed by atoms with E-state index in [4.69, 9.17) is 26.2 Å². The number of thiazole rings is 1. The molecule has 0 amide bonds. The average molecular weight is 639 g/mol. The molecule has 0 aliphatic carbocycles. The number of para-hydroxylation sites is 1. The maximum absolute atomic E-state index is 14.2. The van der Waals surface area contributed by atoms with Gasteiger partial charge in [0.05, 0.1) is 34.1 Å². The van der Waals surface area contributed by atoms with Gasteiger partial charge in [-0.15, -0.1) is 0 Å². The lowest BCUT2D eigenvalue weighted by molar-refractivity contribution is -0.139. The van der Waals surface area contributed by atoms with Crippen LogP contribution in [0.5, 0.6) is 5.75 Å². The number of ether oxygens (including phenoxy) is 2. The smallest absolute Gasteiger partial charge is 0.338 e. The molecule has 0 N–H and O–H groups in total. The van der Waals surface area contributed by atoms with E-state index in [2.05, 4.69) is 4.99 Å². The van der Waals surface area contributed by atoms with Gasteiger partial charge >= 0.3 is 11.9 Å². The summed E-state index contributed by atoms with van der Waals surface area (Å²) in [5.74, 6) is -0.661. The summed E-state index contributed by atoms with van der Waals surface area (Å²) in [5, 5.41) is 5.46. The van der Waals surface area contributed by atoms with Crippen molar-refractivity contribution in [2.45, 2.75) is 26.8 Å². The van der Waals surface area contributed by atoms with Crippen LogP contribution in [0.3, 0.4) is 0 Å². The van der Waals surface area contributed by atoms with Crippen LogP contribution in [-0.2, 0) is 14.3 Å². The van der Waals surface area contributed by atoms with Crippen LogP contribution in [0.25, 0.3) is 23.0 Å². The number of carbonyl (C=O) groups excluding carboxylic acids is 2. The molecule has 0 spiro atoms. The van der Waals surface area contributed by atoms with Gasteiger partial charge in [0.2, 0.25) is 0 Å². The number of halogens is 1. The van der Waals surface area contributed by atoms with Crippen molar-refractivity contribution in [1.29, 1.82) is 0 Å². The lowest BCUT2D eigenvalue weighted by Crippen LogP contribution is -2.39. The predicted octanol–water partition coefficient (Wildman–Crippen LogP) is 5.23. The number of rotatable bonds is 7. The lowest BCUT2D eigenvalue weighted by Gasteiger charge is -2.24. The van der Waals surface area contributed by atoms with Crippen molar-refractivity contribution >= 4 is 41.0 Å². The number of hydrogen-bond acceptors (Lipinski definition) is 8. The predicted molar refractivity (Wildman–Crippen MR) is 172 cm³/mol. The van der Waals surface area contributed by atoms with E-state index in [9.17, 15) is 14.4 Å². The van der Waals surface area contributed by atoms with Crippen molar-refractivity contribution in [3.63, 3.8) is 0 Å². The van der Waals surface area contributed by atoms with E-state index < -0.39 is 18.0 Å². The van der Waals surface area contributed by atoms with Crippen molar-refractivity contribution in [3.8, 4) is 22.7 Å². The second kappa shape index (κ2) is 12.5. The molecule has 3 heterocycles. The zero-order valence-electron chi connectivity index (χ0n) is 24.6. The zero-order valence-corrected chi connectivity index (χ0v) is 26.1. The third kappa shape index (κ3) is 6.02. The van der Waals surface area contributed by atoms with Crippen molar-refractivity contribution < 1.29 is 19.1 Å². The highest BCUT2D eigenvalue weighted by atomic mass is 35.5. The first-order valence-electron chi connectivity index (χ1n) is 14.1. The van der Waals surface area contributed by atoms with Crippen LogP contribution in [-0.4, -0.2) is 32.9 Å². The molecule has 1 atom stereocenters. The molecule has 1 aliphatic heterocycles. The van der Waals surface area contributed by atoms with E-state index in [1.54, 1.807) is 61.0 Å². The Hall–Kier alpha value is -5.06. The standard InChI is InChI=1S/C34H27ClN4O5S/c1-4-43-33(42)29-20(2)36-34-39(31(29)23-12-16-27(17-13-23)44-21(3)40)32(41)28(45-34)18-24-19-38(26-8-6-5-7-9-26)37-30(24)22-10-14-25(35)15-11-22/h5-19,31H,4H2,1-3H3/b28-18-. The summed E-state index contributed by atoms with van der Waals surface area (Å²) in [6.07, 6.45) is 3.67. The van der Waals surface area contributed by atoms with Crippen LogP contribution in [0.1, 0.15) is 37.9 Å². The Morgan fingerprint density at radius 3 is 2.40 bits per heavy atom. The molecular formula is C34H27ClN4O5S. The number of benzene rings is 3. The van der Waals surface area contributed by atoms with Crippen molar-refractivity contribution in [2.75, 3.05) is 6.61 Å². The normalized spacial score (nSPS) is 14.6. The summed E-state index contributed by atoms with van der Waals surface area (Å²) in [7, 11) is 0. The van der Waals surface area contributed by atoms with Crippen molar-refractivity contribution in [1.82, 2.24) is 14.3 Å². The molecule has 5 aromatic rings. The fourth-order valence-corrected chi connectivity index (χ4v) is 6.33. The highest BCUT2D eigenvalue weighted by Gasteiger charge is 2.33. The van der Waals surface area contributed by atoms with Gasteiger partial charge in [-0.25, -0.2) is 14.5 Å². The third-order valence-electron chi connectivity index (χ3n) is 7.14. The van der Waals surface area contributed by atoms with Crippen LogP contribution in [0.2, 0.25) is 5.02 Å². The number of esters is 2. The first-order valence-corrected chi connectivity index (χ1v) is 15.3. The quantitative estimate of drug-likeness (QED) is 0.179. The average Bonchev–Trinajstić information content (AvgIpc) is 3.58. The van der Waals surface area contributed by atoms with Gasteiger partial charge in [0.25, 0.3) is 5.56 Å². The maximum Gasteiger partial charge on any atom is 0.338 e. The maximum atomic E-state index is 14.2. The number of aromatic nitrogens is 3. The van der Waals surface area contributed by atoms with E-state index in [1.165, 1.54) is 22.8 Å². The SMILES string of the molecule is CCOC(=O)C1=C(C)N=c2s/c(=C\c3cn(-c4ccccc4)nc3-c3ccc(Cl)cc3)c(=O)n2C1c1ccc(OC(C)=O)cc1. The molecule has 0 fully saturated rings. The topological polar surface area (TPSA) is 105 Å². The number of nitrogens with zero attached hydrogens (tertiary/aromatic N) is 4. The van der Waals surface area contributed by atoms with Crippen LogP contribution in [0.4, 0.5) is 0 Å². The van der Waals surface area contributed by atoms with E-state index in [-0.39, 0.29) is 17.7 Å². The highest BCUT2D eigenvalue weighted by Crippen LogP contribution is 2.32. The number of fused-ring (bicyclic) bond motifs is 1. The van der Waals surface area contributed by atoms with Gasteiger partial charge in [0.15, 0.2) is 4.80 Å². The highest BCUT2D eigenvalue weighted by molar-refractivity contribution is 7.07. The van der Waals surface area contributed by atoms with Crippen LogP contribution < -0.4 is 19.6 Å². The Morgan fingerprint density at radius 1 is 1.02 bits per heavy atom.